The van der Waals surface area contributed by atoms with Crippen molar-refractivity contribution < 1.29 is 17.9 Å². The zero-order valence-corrected chi connectivity index (χ0v) is 16.0. The molecule has 0 bridgehead atoms. The third kappa shape index (κ3) is 3.22. The molecule has 3 aliphatic rings. The normalized spacial score (nSPS) is 29.6. The molecule has 7 heteroatoms. The van der Waals surface area contributed by atoms with Crippen LogP contribution in [-0.2, 0) is 14.6 Å². The maximum Gasteiger partial charge on any atom is 0.241 e. The van der Waals surface area contributed by atoms with Gasteiger partial charge in [0.1, 0.15) is 5.75 Å². The number of anilines is 1. The molecule has 2 atom stereocenters. The molecule has 26 heavy (non-hydrogen) atoms. The number of nitrogens with zero attached hydrogens (tertiary/aromatic N) is 2. The Labute approximate surface area is 155 Å². The average molecular weight is 378 g/mol. The second-order valence-electron chi connectivity index (χ2n) is 7.64. The minimum absolute atomic E-state index is 0.0119. The van der Waals surface area contributed by atoms with E-state index in [0.29, 0.717) is 18.3 Å². The fraction of sp³-hybridized carbons (Fsp3) is 0.632. The summed E-state index contributed by atoms with van der Waals surface area (Å²) in [6.07, 6.45) is 5.70. The molecule has 6 nitrogen and oxygen atoms in total. The molecule has 2 heterocycles. The third-order valence-corrected chi connectivity index (χ3v) is 7.71. The maximum atomic E-state index is 13.0. The van der Waals surface area contributed by atoms with Crippen LogP contribution in [0.2, 0.25) is 0 Å². The first kappa shape index (κ1) is 17.8. The summed E-state index contributed by atoms with van der Waals surface area (Å²) < 4.78 is 30.2. The van der Waals surface area contributed by atoms with Crippen molar-refractivity contribution in [3.8, 4) is 5.75 Å². The summed E-state index contributed by atoms with van der Waals surface area (Å²) in [6, 6.07) is 7.26. The highest BCUT2D eigenvalue weighted by molar-refractivity contribution is 7.91. The summed E-state index contributed by atoms with van der Waals surface area (Å²) in [5, 5.41) is 0. The van der Waals surface area contributed by atoms with Crippen molar-refractivity contribution >= 4 is 21.4 Å². The standard InChI is InChI=1S/C19H26N2O4S/c1-25-16-9-5-8-15(10-16)21-18-13-26(23,24)12-17(18)20(11-19(21)22)14-6-3-2-4-7-14/h5,8-10,14,17-18H,2-4,6-7,11-13H2,1H3/t17-,18-/m1/s1. The van der Waals surface area contributed by atoms with Gasteiger partial charge in [-0.25, -0.2) is 8.42 Å². The Morgan fingerprint density at radius 2 is 1.81 bits per heavy atom. The van der Waals surface area contributed by atoms with E-state index in [9.17, 15) is 13.2 Å². The van der Waals surface area contributed by atoms with Crippen LogP contribution in [0.15, 0.2) is 24.3 Å². The summed E-state index contributed by atoms with van der Waals surface area (Å²) in [5.41, 5.74) is 0.727. The fourth-order valence-electron chi connectivity index (χ4n) is 4.82. The van der Waals surface area contributed by atoms with Gasteiger partial charge in [0.15, 0.2) is 9.84 Å². The van der Waals surface area contributed by atoms with Crippen LogP contribution < -0.4 is 9.64 Å². The van der Waals surface area contributed by atoms with Gasteiger partial charge in [-0.15, -0.1) is 0 Å². The number of amides is 1. The number of hydrogen-bond donors (Lipinski definition) is 0. The highest BCUT2D eigenvalue weighted by Crippen LogP contribution is 2.36. The van der Waals surface area contributed by atoms with E-state index in [1.807, 2.05) is 24.3 Å². The van der Waals surface area contributed by atoms with Crippen LogP contribution in [0.25, 0.3) is 0 Å². The zero-order valence-electron chi connectivity index (χ0n) is 15.1. The monoisotopic (exact) mass is 378 g/mol. The molecule has 142 valence electrons. The van der Waals surface area contributed by atoms with Gasteiger partial charge < -0.3 is 9.64 Å². The Hall–Kier alpha value is -1.60. The van der Waals surface area contributed by atoms with E-state index in [2.05, 4.69) is 4.90 Å². The summed E-state index contributed by atoms with van der Waals surface area (Å²) in [6.45, 7) is 0.304. The molecule has 1 saturated carbocycles. The van der Waals surface area contributed by atoms with Gasteiger partial charge in [-0.05, 0) is 25.0 Å². The number of hydrogen-bond acceptors (Lipinski definition) is 5. The first-order valence-electron chi connectivity index (χ1n) is 9.41. The first-order chi connectivity index (χ1) is 12.5. The molecular formula is C19H26N2O4S. The molecule has 0 spiro atoms. The van der Waals surface area contributed by atoms with Gasteiger partial charge in [-0.3, -0.25) is 9.69 Å². The molecule has 0 radical (unpaired) electrons. The van der Waals surface area contributed by atoms with E-state index < -0.39 is 9.84 Å². The van der Waals surface area contributed by atoms with Crippen LogP contribution in [0.3, 0.4) is 0 Å². The number of sulfone groups is 1. The number of piperazine rings is 1. The van der Waals surface area contributed by atoms with E-state index in [0.717, 1.165) is 18.5 Å². The molecular weight excluding hydrogens is 352 g/mol. The van der Waals surface area contributed by atoms with Gasteiger partial charge in [0.2, 0.25) is 5.91 Å². The highest BCUT2D eigenvalue weighted by Gasteiger charge is 2.51. The van der Waals surface area contributed by atoms with Crippen molar-refractivity contribution in [3.63, 3.8) is 0 Å². The lowest BCUT2D eigenvalue weighted by atomic mass is 9.91. The van der Waals surface area contributed by atoms with Crippen molar-refractivity contribution in [3.05, 3.63) is 24.3 Å². The smallest absolute Gasteiger partial charge is 0.241 e. The van der Waals surface area contributed by atoms with Gasteiger partial charge in [-0.2, -0.15) is 0 Å². The number of ether oxygens (including phenoxy) is 1. The van der Waals surface area contributed by atoms with E-state index in [-0.39, 0.29) is 29.5 Å². The molecule has 4 rings (SSSR count). The van der Waals surface area contributed by atoms with Crippen molar-refractivity contribution in [2.24, 2.45) is 0 Å². The van der Waals surface area contributed by atoms with Crippen LogP contribution in [0.4, 0.5) is 5.69 Å². The number of carbonyl (C=O) groups excluding carboxylic acids is 1. The number of fused-ring (bicyclic) bond motifs is 1. The third-order valence-electron chi connectivity index (χ3n) is 6.01. The molecule has 1 aromatic carbocycles. The van der Waals surface area contributed by atoms with Crippen molar-refractivity contribution in [1.29, 1.82) is 0 Å². The number of rotatable bonds is 3. The number of benzene rings is 1. The summed E-state index contributed by atoms with van der Waals surface area (Å²) in [4.78, 5) is 17.0. The van der Waals surface area contributed by atoms with Crippen LogP contribution in [0.5, 0.6) is 5.75 Å². The predicted molar refractivity (Wildman–Crippen MR) is 100 cm³/mol. The zero-order chi connectivity index (χ0) is 18.3. The molecule has 0 unspecified atom stereocenters. The Morgan fingerprint density at radius 3 is 2.54 bits per heavy atom. The number of methoxy groups -OCH3 is 1. The first-order valence-corrected chi connectivity index (χ1v) is 11.2. The minimum atomic E-state index is -3.15. The second-order valence-corrected chi connectivity index (χ2v) is 9.79. The largest absolute Gasteiger partial charge is 0.497 e. The van der Waals surface area contributed by atoms with E-state index in [1.165, 1.54) is 19.3 Å². The second kappa shape index (κ2) is 6.85. The molecule has 1 amide bonds. The Morgan fingerprint density at radius 1 is 1.08 bits per heavy atom. The maximum absolute atomic E-state index is 13.0. The van der Waals surface area contributed by atoms with Gasteiger partial charge in [0.05, 0.1) is 31.2 Å². The summed E-state index contributed by atoms with van der Waals surface area (Å²) >= 11 is 0. The molecule has 0 N–H and O–H groups in total. The molecule has 2 aliphatic heterocycles. The molecule has 0 aromatic heterocycles. The summed E-state index contributed by atoms with van der Waals surface area (Å²) in [7, 11) is -1.56. The topological polar surface area (TPSA) is 66.9 Å². The van der Waals surface area contributed by atoms with Crippen LogP contribution >= 0.6 is 0 Å². The Balaban J connectivity index is 1.68. The molecule has 1 aromatic rings. The average Bonchev–Trinajstić information content (AvgIpc) is 2.96. The Bertz CT molecular complexity index is 788. The van der Waals surface area contributed by atoms with E-state index >= 15 is 0 Å². The van der Waals surface area contributed by atoms with Crippen LogP contribution in [-0.4, -0.2) is 62.5 Å². The lowest BCUT2D eigenvalue weighted by Crippen LogP contribution is -2.64. The highest BCUT2D eigenvalue weighted by atomic mass is 32.2. The number of carbonyl (C=O) groups is 1. The molecule has 3 fully saturated rings. The van der Waals surface area contributed by atoms with Gasteiger partial charge in [0.25, 0.3) is 0 Å². The van der Waals surface area contributed by atoms with Crippen molar-refractivity contribution in [2.45, 2.75) is 50.2 Å². The molecule has 2 saturated heterocycles. The van der Waals surface area contributed by atoms with Gasteiger partial charge >= 0.3 is 0 Å². The predicted octanol–water partition coefficient (Wildman–Crippen LogP) is 1.84. The van der Waals surface area contributed by atoms with Gasteiger partial charge in [0, 0.05) is 23.8 Å². The van der Waals surface area contributed by atoms with Crippen molar-refractivity contribution in [2.75, 3.05) is 30.1 Å². The lowest BCUT2D eigenvalue weighted by Gasteiger charge is -2.47. The van der Waals surface area contributed by atoms with Crippen molar-refractivity contribution in [1.82, 2.24) is 4.90 Å². The lowest BCUT2D eigenvalue weighted by molar-refractivity contribution is -0.124. The molecule has 1 aliphatic carbocycles. The van der Waals surface area contributed by atoms with E-state index in [4.69, 9.17) is 4.74 Å². The SMILES string of the molecule is COc1cccc(N2C(=O)CN(C3CCCCC3)[C@@H]3CS(=O)(=O)C[C@H]32)c1. The quantitative estimate of drug-likeness (QED) is 0.803. The van der Waals surface area contributed by atoms with E-state index in [1.54, 1.807) is 12.0 Å². The summed E-state index contributed by atoms with van der Waals surface area (Å²) in [5.74, 6) is 0.857. The minimum Gasteiger partial charge on any atom is -0.497 e. The van der Waals surface area contributed by atoms with Crippen LogP contribution in [0.1, 0.15) is 32.1 Å². The fourth-order valence-corrected chi connectivity index (χ4v) is 6.78. The van der Waals surface area contributed by atoms with Crippen LogP contribution in [0, 0.1) is 0 Å². The van der Waals surface area contributed by atoms with Gasteiger partial charge in [-0.1, -0.05) is 25.3 Å². The Kier molecular flexibility index (Phi) is 4.69.